The summed E-state index contributed by atoms with van der Waals surface area (Å²) in [4.78, 5) is 13.2. The van der Waals surface area contributed by atoms with Crippen LogP contribution in [0.2, 0.25) is 0 Å². The number of halogens is 2. The van der Waals surface area contributed by atoms with Crippen molar-refractivity contribution in [1.29, 1.82) is 0 Å². The van der Waals surface area contributed by atoms with Crippen LogP contribution in [0.3, 0.4) is 0 Å². The van der Waals surface area contributed by atoms with E-state index in [-0.39, 0.29) is 11.6 Å². The standard InChI is InChI=1S/C18H19F2NO2S/c1-12(13-3-6-15(7-4-13)24-10-9-23-2)21-18(22)16-11-14(19)5-8-17(16)20/h3-8,11-12H,9-10H2,1-2H3,(H,21,22). The Morgan fingerprint density at radius 1 is 1.21 bits per heavy atom. The number of rotatable bonds is 7. The number of ether oxygens (including phenoxy) is 1. The fraction of sp³-hybridized carbons (Fsp3) is 0.278. The van der Waals surface area contributed by atoms with Crippen LogP contribution in [0.25, 0.3) is 0 Å². The number of carbonyl (C=O) groups is 1. The van der Waals surface area contributed by atoms with Gasteiger partial charge in [-0.1, -0.05) is 12.1 Å². The van der Waals surface area contributed by atoms with Gasteiger partial charge in [0.1, 0.15) is 11.6 Å². The lowest BCUT2D eigenvalue weighted by Gasteiger charge is -2.15. The number of methoxy groups -OCH3 is 1. The highest BCUT2D eigenvalue weighted by molar-refractivity contribution is 7.99. The quantitative estimate of drug-likeness (QED) is 0.600. The molecule has 0 aromatic heterocycles. The summed E-state index contributed by atoms with van der Waals surface area (Å²) < 4.78 is 31.8. The molecule has 0 fully saturated rings. The van der Waals surface area contributed by atoms with Gasteiger partial charge in [0.05, 0.1) is 18.2 Å². The van der Waals surface area contributed by atoms with E-state index in [1.54, 1.807) is 25.8 Å². The van der Waals surface area contributed by atoms with Gasteiger partial charge in [0, 0.05) is 17.8 Å². The molecule has 2 aromatic rings. The van der Waals surface area contributed by atoms with Gasteiger partial charge in [-0.25, -0.2) is 8.78 Å². The summed E-state index contributed by atoms with van der Waals surface area (Å²) in [7, 11) is 1.66. The molecule has 2 rings (SSSR count). The van der Waals surface area contributed by atoms with Crippen molar-refractivity contribution in [2.45, 2.75) is 17.9 Å². The first kappa shape index (κ1) is 18.4. The van der Waals surface area contributed by atoms with Crippen molar-refractivity contribution in [3.8, 4) is 0 Å². The monoisotopic (exact) mass is 351 g/mol. The molecule has 0 aliphatic rings. The molecule has 24 heavy (non-hydrogen) atoms. The molecule has 0 aliphatic heterocycles. The Morgan fingerprint density at radius 3 is 2.58 bits per heavy atom. The van der Waals surface area contributed by atoms with E-state index in [0.717, 1.165) is 34.4 Å². The molecule has 0 aliphatic carbocycles. The van der Waals surface area contributed by atoms with Gasteiger partial charge in [-0.15, -0.1) is 11.8 Å². The zero-order chi connectivity index (χ0) is 17.5. The first-order chi connectivity index (χ1) is 11.5. The Labute approximate surface area is 144 Å². The minimum absolute atomic E-state index is 0.298. The Bertz CT molecular complexity index is 692. The minimum Gasteiger partial charge on any atom is -0.384 e. The molecule has 2 aromatic carbocycles. The third-order valence-electron chi connectivity index (χ3n) is 3.46. The van der Waals surface area contributed by atoms with Crippen LogP contribution in [0.15, 0.2) is 47.4 Å². The molecule has 1 N–H and O–H groups in total. The van der Waals surface area contributed by atoms with Crippen molar-refractivity contribution in [2.24, 2.45) is 0 Å². The van der Waals surface area contributed by atoms with E-state index < -0.39 is 17.5 Å². The SMILES string of the molecule is COCCSc1ccc(C(C)NC(=O)c2cc(F)ccc2F)cc1. The fourth-order valence-corrected chi connectivity index (χ4v) is 2.94. The molecule has 0 heterocycles. The van der Waals surface area contributed by atoms with Crippen molar-refractivity contribution in [3.05, 3.63) is 65.2 Å². The second kappa shape index (κ2) is 8.80. The Kier molecular flexibility index (Phi) is 6.75. The maximum Gasteiger partial charge on any atom is 0.254 e. The highest BCUT2D eigenvalue weighted by Gasteiger charge is 2.16. The second-order valence-corrected chi connectivity index (χ2v) is 6.40. The summed E-state index contributed by atoms with van der Waals surface area (Å²) in [6.07, 6.45) is 0. The first-order valence-electron chi connectivity index (χ1n) is 7.49. The first-order valence-corrected chi connectivity index (χ1v) is 8.47. The number of benzene rings is 2. The molecular formula is C18H19F2NO2S. The van der Waals surface area contributed by atoms with Crippen LogP contribution in [-0.4, -0.2) is 25.4 Å². The third-order valence-corrected chi connectivity index (χ3v) is 4.43. The lowest BCUT2D eigenvalue weighted by Crippen LogP contribution is -2.27. The van der Waals surface area contributed by atoms with Crippen LogP contribution < -0.4 is 5.32 Å². The van der Waals surface area contributed by atoms with E-state index in [2.05, 4.69) is 5.32 Å². The van der Waals surface area contributed by atoms with Gasteiger partial charge in [0.15, 0.2) is 0 Å². The van der Waals surface area contributed by atoms with Crippen molar-refractivity contribution in [3.63, 3.8) is 0 Å². The topological polar surface area (TPSA) is 38.3 Å². The van der Waals surface area contributed by atoms with Gasteiger partial charge >= 0.3 is 0 Å². The predicted octanol–water partition coefficient (Wildman–Crippen LogP) is 4.19. The van der Waals surface area contributed by atoms with Crippen LogP contribution >= 0.6 is 11.8 Å². The van der Waals surface area contributed by atoms with Crippen molar-refractivity contribution in [1.82, 2.24) is 5.32 Å². The molecule has 3 nitrogen and oxygen atoms in total. The Morgan fingerprint density at radius 2 is 1.92 bits per heavy atom. The summed E-state index contributed by atoms with van der Waals surface area (Å²) in [5.41, 5.74) is 0.588. The number of nitrogens with one attached hydrogen (secondary N) is 1. The average Bonchev–Trinajstić information content (AvgIpc) is 2.57. The molecule has 1 unspecified atom stereocenters. The smallest absolute Gasteiger partial charge is 0.254 e. The van der Waals surface area contributed by atoms with Crippen LogP contribution in [0.5, 0.6) is 0 Å². The number of amides is 1. The van der Waals surface area contributed by atoms with E-state index in [0.29, 0.717) is 6.61 Å². The summed E-state index contributed by atoms with van der Waals surface area (Å²) in [6.45, 7) is 2.47. The molecule has 0 spiro atoms. The van der Waals surface area contributed by atoms with Crippen molar-refractivity contribution < 1.29 is 18.3 Å². The van der Waals surface area contributed by atoms with E-state index in [9.17, 15) is 13.6 Å². The number of thioether (sulfide) groups is 1. The van der Waals surface area contributed by atoms with E-state index >= 15 is 0 Å². The van der Waals surface area contributed by atoms with E-state index in [1.165, 1.54) is 0 Å². The molecule has 0 saturated carbocycles. The second-order valence-electron chi connectivity index (χ2n) is 5.23. The molecule has 0 saturated heterocycles. The largest absolute Gasteiger partial charge is 0.384 e. The van der Waals surface area contributed by atoms with Crippen molar-refractivity contribution in [2.75, 3.05) is 19.5 Å². The van der Waals surface area contributed by atoms with Gasteiger partial charge in [0.2, 0.25) is 0 Å². The maximum atomic E-state index is 13.6. The summed E-state index contributed by atoms with van der Waals surface area (Å²) in [6, 6.07) is 10.2. The van der Waals surface area contributed by atoms with Gasteiger partial charge < -0.3 is 10.1 Å². The van der Waals surface area contributed by atoms with E-state index in [4.69, 9.17) is 4.74 Å². The molecule has 1 atom stereocenters. The Hall–Kier alpha value is -1.92. The van der Waals surface area contributed by atoms with Crippen molar-refractivity contribution >= 4 is 17.7 Å². The van der Waals surface area contributed by atoms with Crippen LogP contribution in [0, 0.1) is 11.6 Å². The van der Waals surface area contributed by atoms with Crippen LogP contribution in [-0.2, 0) is 4.74 Å². The number of hydrogen-bond acceptors (Lipinski definition) is 3. The van der Waals surface area contributed by atoms with Gasteiger partial charge in [0.25, 0.3) is 5.91 Å². The summed E-state index contributed by atoms with van der Waals surface area (Å²) in [5.74, 6) is -1.17. The lowest BCUT2D eigenvalue weighted by molar-refractivity contribution is 0.0935. The zero-order valence-corrected chi connectivity index (χ0v) is 14.3. The zero-order valence-electron chi connectivity index (χ0n) is 13.5. The van der Waals surface area contributed by atoms with Gasteiger partial charge in [-0.2, -0.15) is 0 Å². The average molecular weight is 351 g/mol. The minimum atomic E-state index is -0.744. The van der Waals surface area contributed by atoms with E-state index in [1.807, 2.05) is 24.3 Å². The third kappa shape index (κ3) is 5.04. The molecule has 0 radical (unpaired) electrons. The highest BCUT2D eigenvalue weighted by atomic mass is 32.2. The molecule has 1 amide bonds. The van der Waals surface area contributed by atoms with Gasteiger partial charge in [-0.05, 0) is 42.8 Å². The summed E-state index contributed by atoms with van der Waals surface area (Å²) in [5, 5.41) is 2.68. The number of hydrogen-bond donors (Lipinski definition) is 1. The maximum absolute atomic E-state index is 13.6. The molecule has 128 valence electrons. The molecule has 0 bridgehead atoms. The summed E-state index contributed by atoms with van der Waals surface area (Å²) >= 11 is 1.68. The molecular weight excluding hydrogens is 332 g/mol. The fourth-order valence-electron chi connectivity index (χ4n) is 2.12. The van der Waals surface area contributed by atoms with Crippen LogP contribution in [0.1, 0.15) is 28.9 Å². The molecule has 6 heteroatoms. The Balaban J connectivity index is 1.99. The lowest BCUT2D eigenvalue weighted by atomic mass is 10.1. The normalized spacial score (nSPS) is 12.0. The predicted molar refractivity (Wildman–Crippen MR) is 91.3 cm³/mol. The van der Waals surface area contributed by atoms with Crippen LogP contribution in [0.4, 0.5) is 8.78 Å². The highest BCUT2D eigenvalue weighted by Crippen LogP contribution is 2.21. The van der Waals surface area contributed by atoms with Gasteiger partial charge in [-0.3, -0.25) is 4.79 Å². The number of carbonyl (C=O) groups excluding carboxylic acids is 1.